The summed E-state index contributed by atoms with van der Waals surface area (Å²) >= 11 is -2.28. The summed E-state index contributed by atoms with van der Waals surface area (Å²) in [4.78, 5) is 0. The molecule has 0 saturated carbocycles. The standard InChI is InChI=1S/2C20H13.Hg/c2*1-2-8-14-13(7-1)19-15-9-3-5-11-17(15)20(14)18-12-6-4-10-16(18)19;/h2*1-12,19H;. The molecular formula is C40H26Hg. The molecule has 0 aliphatic heterocycles. The van der Waals surface area contributed by atoms with Crippen molar-refractivity contribution in [1.82, 2.24) is 0 Å². The normalized spacial score (nSPS) is 24.7. The van der Waals surface area contributed by atoms with Crippen molar-refractivity contribution in [2.45, 2.75) is 17.7 Å². The van der Waals surface area contributed by atoms with Gasteiger partial charge in [0, 0.05) is 0 Å². The monoisotopic (exact) mass is 708 g/mol. The molecule has 0 aromatic heterocycles. The van der Waals surface area contributed by atoms with E-state index in [4.69, 9.17) is 0 Å². The fourth-order valence-electron chi connectivity index (χ4n) is 9.67. The van der Waals surface area contributed by atoms with Crippen LogP contribution in [0.4, 0.5) is 0 Å². The van der Waals surface area contributed by atoms with Crippen LogP contribution >= 0.6 is 0 Å². The van der Waals surface area contributed by atoms with E-state index >= 15 is 0 Å². The molecule has 6 aromatic rings. The van der Waals surface area contributed by atoms with Crippen LogP contribution in [0.15, 0.2) is 146 Å². The molecule has 1 heteroatoms. The molecule has 0 fully saturated rings. The zero-order valence-corrected chi connectivity index (χ0v) is 28.2. The molecular weight excluding hydrogens is 681 g/mol. The second-order valence-electron chi connectivity index (χ2n) is 12.4. The van der Waals surface area contributed by atoms with Gasteiger partial charge in [-0.25, -0.2) is 0 Å². The molecule has 0 N–H and O–H groups in total. The predicted molar refractivity (Wildman–Crippen MR) is 160 cm³/mol. The van der Waals surface area contributed by atoms with Crippen LogP contribution < -0.4 is 0 Å². The topological polar surface area (TPSA) is 0 Å². The first kappa shape index (κ1) is 22.9. The van der Waals surface area contributed by atoms with Crippen LogP contribution in [0.3, 0.4) is 0 Å². The van der Waals surface area contributed by atoms with Crippen molar-refractivity contribution in [2.75, 3.05) is 0 Å². The summed E-state index contributed by atoms with van der Waals surface area (Å²) in [6, 6.07) is 56.9. The summed E-state index contributed by atoms with van der Waals surface area (Å²) in [7, 11) is 0. The minimum absolute atomic E-state index is 0.0595. The molecule has 6 aliphatic carbocycles. The van der Waals surface area contributed by atoms with Gasteiger partial charge in [-0.3, -0.25) is 0 Å². The summed E-state index contributed by atoms with van der Waals surface area (Å²) in [6.07, 6.45) is 0. The molecule has 0 atom stereocenters. The van der Waals surface area contributed by atoms with Gasteiger partial charge < -0.3 is 0 Å². The first-order chi connectivity index (χ1) is 20.3. The third-order valence-corrected chi connectivity index (χ3v) is 23.9. The Morgan fingerprint density at radius 2 is 0.488 bits per heavy atom. The molecule has 0 saturated heterocycles. The average Bonchev–Trinajstić information content (AvgIpc) is 3.05. The average molecular weight is 707 g/mol. The molecule has 188 valence electrons. The summed E-state index contributed by atoms with van der Waals surface area (Å²) < 4.78 is -0.119. The molecule has 0 amide bonds. The van der Waals surface area contributed by atoms with E-state index in [0.29, 0.717) is 11.8 Å². The van der Waals surface area contributed by atoms with E-state index in [1.807, 2.05) is 0 Å². The van der Waals surface area contributed by atoms with E-state index in [1.54, 1.807) is 33.4 Å². The molecule has 6 aromatic carbocycles. The van der Waals surface area contributed by atoms with Gasteiger partial charge in [0.1, 0.15) is 0 Å². The van der Waals surface area contributed by atoms with Gasteiger partial charge in [0.05, 0.1) is 0 Å². The van der Waals surface area contributed by atoms with E-state index in [9.17, 15) is 0 Å². The van der Waals surface area contributed by atoms with Crippen LogP contribution in [0, 0.1) is 0 Å². The SMILES string of the molecule is c1ccc2c(c1)C1c3ccccc3[C]2([Hg][C]23c4ccccc4C(c4ccccc42)c2ccccc23)c2ccccc21. The first-order valence-corrected chi connectivity index (χ1v) is 20.4. The Morgan fingerprint density at radius 1 is 0.293 bits per heavy atom. The summed E-state index contributed by atoms with van der Waals surface area (Å²) in [5.74, 6) is 0.639. The maximum absolute atomic E-state index is 2.49. The van der Waals surface area contributed by atoms with E-state index in [-0.39, 0.29) is 5.85 Å². The number of hydrogen-bond donors (Lipinski definition) is 0. The van der Waals surface area contributed by atoms with E-state index in [1.165, 1.54) is 33.4 Å². The molecule has 12 rings (SSSR count). The van der Waals surface area contributed by atoms with Gasteiger partial charge >= 0.3 is 255 Å². The van der Waals surface area contributed by atoms with E-state index in [0.717, 1.165) is 0 Å². The third-order valence-electron chi connectivity index (χ3n) is 10.9. The van der Waals surface area contributed by atoms with Crippen LogP contribution in [0.2, 0.25) is 0 Å². The quantitative estimate of drug-likeness (QED) is 0.158. The van der Waals surface area contributed by atoms with Gasteiger partial charge in [0.2, 0.25) is 0 Å². The zero-order valence-electron chi connectivity index (χ0n) is 22.7. The van der Waals surface area contributed by atoms with Crippen molar-refractivity contribution < 1.29 is 24.6 Å². The van der Waals surface area contributed by atoms with Gasteiger partial charge in [-0.2, -0.15) is 0 Å². The van der Waals surface area contributed by atoms with Crippen LogP contribution in [0.25, 0.3) is 0 Å². The Bertz CT molecular complexity index is 1690. The molecule has 6 aliphatic rings. The predicted octanol–water partition coefficient (Wildman–Crippen LogP) is 8.67. The fourth-order valence-corrected chi connectivity index (χ4v) is 24.7. The summed E-state index contributed by atoms with van der Waals surface area (Å²) in [6.45, 7) is 0. The molecule has 0 spiro atoms. The van der Waals surface area contributed by atoms with E-state index < -0.39 is 24.6 Å². The molecule has 4 bridgehead atoms. The van der Waals surface area contributed by atoms with Gasteiger partial charge in [-0.05, 0) is 0 Å². The molecule has 41 heavy (non-hydrogen) atoms. The molecule has 0 nitrogen and oxygen atoms in total. The number of benzene rings is 6. The van der Waals surface area contributed by atoms with Crippen molar-refractivity contribution in [3.63, 3.8) is 0 Å². The summed E-state index contributed by atoms with van der Waals surface area (Å²) in [5.41, 5.74) is 18.7. The molecule has 0 unspecified atom stereocenters. The third kappa shape index (κ3) is 2.59. The number of hydrogen-bond acceptors (Lipinski definition) is 0. The van der Waals surface area contributed by atoms with Crippen molar-refractivity contribution in [1.29, 1.82) is 0 Å². The Labute approximate surface area is 253 Å². The second-order valence-corrected chi connectivity index (χ2v) is 22.0. The Balaban J connectivity index is 1.39. The Kier molecular flexibility index (Phi) is 4.44. The van der Waals surface area contributed by atoms with Crippen LogP contribution in [-0.2, 0) is 30.4 Å². The number of rotatable bonds is 2. The second kappa shape index (κ2) is 7.96. The zero-order chi connectivity index (χ0) is 26.8. The Hall–Kier alpha value is -3.74. The van der Waals surface area contributed by atoms with Crippen molar-refractivity contribution in [3.05, 3.63) is 212 Å². The fraction of sp³-hybridized carbons (Fsp3) is 0.100. The first-order valence-electron chi connectivity index (χ1n) is 14.9. The molecule has 0 heterocycles. The van der Waals surface area contributed by atoms with Crippen molar-refractivity contribution in [3.8, 4) is 0 Å². The van der Waals surface area contributed by atoms with Crippen molar-refractivity contribution in [2.24, 2.45) is 0 Å². The van der Waals surface area contributed by atoms with Crippen LogP contribution in [0.5, 0.6) is 0 Å². The van der Waals surface area contributed by atoms with Crippen LogP contribution in [-0.4, -0.2) is 0 Å². The van der Waals surface area contributed by atoms with Gasteiger partial charge in [0.25, 0.3) is 0 Å². The van der Waals surface area contributed by atoms with Crippen LogP contribution in [0.1, 0.15) is 78.6 Å². The summed E-state index contributed by atoms with van der Waals surface area (Å²) in [5, 5.41) is 0. The van der Waals surface area contributed by atoms with Gasteiger partial charge in [0.15, 0.2) is 0 Å². The maximum atomic E-state index is 2.49. The van der Waals surface area contributed by atoms with Gasteiger partial charge in [-0.15, -0.1) is 0 Å². The van der Waals surface area contributed by atoms with E-state index in [2.05, 4.69) is 146 Å². The molecule has 0 radical (unpaired) electrons. The van der Waals surface area contributed by atoms with Gasteiger partial charge in [-0.1, -0.05) is 0 Å². The minimum atomic E-state index is -2.28. The Morgan fingerprint density at radius 3 is 0.707 bits per heavy atom. The van der Waals surface area contributed by atoms with Crippen molar-refractivity contribution >= 4 is 0 Å².